The van der Waals surface area contributed by atoms with E-state index in [0.29, 0.717) is 11.4 Å². The van der Waals surface area contributed by atoms with Gasteiger partial charge in [-0.25, -0.2) is 9.88 Å². The number of ether oxygens (including phenoxy) is 1. The zero-order valence-corrected chi connectivity index (χ0v) is 19.6. The number of benzene rings is 3. The van der Waals surface area contributed by atoms with E-state index in [1.807, 2.05) is 77.8 Å². The van der Waals surface area contributed by atoms with Gasteiger partial charge in [-0.1, -0.05) is 48.5 Å². The van der Waals surface area contributed by atoms with Gasteiger partial charge < -0.3 is 4.74 Å². The fraction of sp³-hybridized carbons (Fsp3) is 0.207. The van der Waals surface area contributed by atoms with Crippen LogP contribution in [0.25, 0.3) is 11.0 Å². The lowest BCUT2D eigenvalue weighted by atomic mass is 9.70. The van der Waals surface area contributed by atoms with Crippen LogP contribution >= 0.6 is 0 Å². The van der Waals surface area contributed by atoms with E-state index in [1.54, 1.807) is 18.3 Å². The van der Waals surface area contributed by atoms with Crippen molar-refractivity contribution in [2.45, 2.75) is 18.2 Å². The summed E-state index contributed by atoms with van der Waals surface area (Å²) >= 11 is 0. The minimum absolute atomic E-state index is 0.195. The van der Waals surface area contributed by atoms with Crippen LogP contribution in [0.5, 0.6) is 0 Å². The molecule has 4 aliphatic heterocycles. The van der Waals surface area contributed by atoms with Crippen LogP contribution < -0.4 is 9.91 Å². The summed E-state index contributed by atoms with van der Waals surface area (Å²) in [5.41, 5.74) is 4.51. The number of anilines is 2. The maximum Gasteiger partial charge on any atom is 0.240 e. The number of hydrogen-bond donors (Lipinski definition) is 0. The minimum atomic E-state index is -0.548. The average molecular weight is 488 g/mol. The van der Waals surface area contributed by atoms with E-state index >= 15 is 0 Å². The maximum atomic E-state index is 13.7. The molecular formula is C29H21N5O3. The third kappa shape index (κ3) is 2.78. The van der Waals surface area contributed by atoms with Crippen LogP contribution in [0, 0.1) is 17.8 Å². The predicted octanol–water partition coefficient (Wildman–Crippen LogP) is 3.43. The summed E-state index contributed by atoms with van der Waals surface area (Å²) < 4.78 is 6.48. The minimum Gasteiger partial charge on any atom is -0.370 e. The molecule has 2 bridgehead atoms. The van der Waals surface area contributed by atoms with Gasteiger partial charge in [0, 0.05) is 0 Å². The molecule has 0 N–H and O–H groups in total. The van der Waals surface area contributed by atoms with Crippen molar-refractivity contribution in [1.29, 1.82) is 0 Å². The first kappa shape index (κ1) is 20.7. The maximum absolute atomic E-state index is 13.7. The Morgan fingerprint density at radius 3 is 2.03 bits per heavy atom. The average Bonchev–Trinajstić information content (AvgIpc) is 3.68. The second-order valence-electron chi connectivity index (χ2n) is 9.89. The molecule has 0 saturated carbocycles. The van der Waals surface area contributed by atoms with E-state index < -0.39 is 24.0 Å². The Morgan fingerprint density at radius 1 is 0.676 bits per heavy atom. The molecule has 37 heavy (non-hydrogen) atoms. The number of hydrazone groups is 1. The normalized spacial score (nSPS) is 29.7. The summed E-state index contributed by atoms with van der Waals surface area (Å²) in [6.07, 6.45) is 0.819. The van der Waals surface area contributed by atoms with Crippen molar-refractivity contribution in [2.75, 3.05) is 9.91 Å². The Bertz CT molecular complexity index is 1610. The summed E-state index contributed by atoms with van der Waals surface area (Å²) in [6.45, 7) is 0. The van der Waals surface area contributed by atoms with Gasteiger partial charge in [-0.05, 0) is 36.4 Å². The number of fused-ring (bicyclic) bond motifs is 9. The Labute approximate surface area is 212 Å². The second-order valence-corrected chi connectivity index (χ2v) is 9.89. The first-order valence-corrected chi connectivity index (χ1v) is 12.4. The fourth-order valence-corrected chi connectivity index (χ4v) is 6.56. The van der Waals surface area contributed by atoms with Gasteiger partial charge >= 0.3 is 0 Å². The molecule has 3 aromatic carbocycles. The van der Waals surface area contributed by atoms with Gasteiger partial charge in [-0.3, -0.25) is 19.6 Å². The molecule has 4 aromatic rings. The van der Waals surface area contributed by atoms with Crippen molar-refractivity contribution in [3.8, 4) is 0 Å². The molecule has 180 valence electrons. The largest absolute Gasteiger partial charge is 0.370 e. The molecule has 3 saturated heterocycles. The number of nitrogens with zero attached hydrogens (tertiary/aromatic N) is 5. The van der Waals surface area contributed by atoms with Crippen molar-refractivity contribution in [1.82, 2.24) is 9.97 Å². The molecule has 8 heteroatoms. The van der Waals surface area contributed by atoms with E-state index in [9.17, 15) is 9.59 Å². The number of carbonyl (C=O) groups excluding carboxylic acids is 2. The topological polar surface area (TPSA) is 88.0 Å². The summed E-state index contributed by atoms with van der Waals surface area (Å²) in [7, 11) is 0. The molecule has 5 heterocycles. The van der Waals surface area contributed by atoms with Gasteiger partial charge in [0.25, 0.3) is 0 Å². The van der Waals surface area contributed by atoms with Crippen LogP contribution in [0.4, 0.5) is 11.4 Å². The number of para-hydroxylation sites is 4. The van der Waals surface area contributed by atoms with Crippen molar-refractivity contribution in [3.63, 3.8) is 0 Å². The van der Waals surface area contributed by atoms with Gasteiger partial charge in [0.15, 0.2) is 0 Å². The van der Waals surface area contributed by atoms with Crippen LogP contribution in [0.15, 0.2) is 96.2 Å². The third-order valence-electron chi connectivity index (χ3n) is 8.04. The smallest absolute Gasteiger partial charge is 0.240 e. The van der Waals surface area contributed by atoms with E-state index in [2.05, 4.69) is 4.98 Å². The lowest BCUT2D eigenvalue weighted by molar-refractivity contribution is -0.125. The van der Waals surface area contributed by atoms with Crippen LogP contribution in [0.3, 0.4) is 0 Å². The molecule has 6 unspecified atom stereocenters. The fourth-order valence-electron chi connectivity index (χ4n) is 6.56. The van der Waals surface area contributed by atoms with Crippen molar-refractivity contribution in [2.24, 2.45) is 22.9 Å². The molecule has 8 rings (SSSR count). The van der Waals surface area contributed by atoms with Crippen LogP contribution in [-0.2, 0) is 14.3 Å². The highest BCUT2D eigenvalue weighted by Gasteiger charge is 2.72. The highest BCUT2D eigenvalue weighted by Crippen LogP contribution is 2.56. The first-order valence-electron chi connectivity index (χ1n) is 12.4. The van der Waals surface area contributed by atoms with Crippen LogP contribution in [-0.4, -0.2) is 45.7 Å². The first-order chi connectivity index (χ1) is 18.2. The van der Waals surface area contributed by atoms with Gasteiger partial charge in [0.2, 0.25) is 11.8 Å². The van der Waals surface area contributed by atoms with E-state index in [0.717, 1.165) is 22.4 Å². The zero-order chi connectivity index (χ0) is 24.7. The molecule has 4 aliphatic rings. The van der Waals surface area contributed by atoms with Gasteiger partial charge in [-0.2, -0.15) is 5.10 Å². The SMILES string of the molecule is O=C1C2C3OC(C2C(=O)N1c1ccccc1)C1C3C(c2cnc3ccccc3n2)=NN1c1ccccc1. The number of hydrogen-bond acceptors (Lipinski definition) is 7. The third-order valence-corrected chi connectivity index (χ3v) is 8.04. The molecule has 1 aromatic heterocycles. The van der Waals surface area contributed by atoms with E-state index in [-0.39, 0.29) is 23.8 Å². The Hall–Kier alpha value is -4.43. The molecule has 2 amide bonds. The lowest BCUT2D eigenvalue weighted by Gasteiger charge is -2.32. The van der Waals surface area contributed by atoms with Crippen molar-refractivity contribution < 1.29 is 14.3 Å². The highest BCUT2D eigenvalue weighted by atomic mass is 16.5. The van der Waals surface area contributed by atoms with Gasteiger partial charge in [-0.15, -0.1) is 0 Å². The van der Waals surface area contributed by atoms with Crippen molar-refractivity contribution >= 4 is 39.9 Å². The van der Waals surface area contributed by atoms with Crippen molar-refractivity contribution in [3.05, 3.63) is 96.8 Å². The van der Waals surface area contributed by atoms with E-state index in [1.165, 1.54) is 4.90 Å². The van der Waals surface area contributed by atoms with Crippen LogP contribution in [0.1, 0.15) is 5.69 Å². The summed E-state index contributed by atoms with van der Waals surface area (Å²) in [6, 6.07) is 26.5. The number of rotatable bonds is 3. The lowest BCUT2D eigenvalue weighted by Crippen LogP contribution is -2.50. The number of amides is 2. The summed E-state index contributed by atoms with van der Waals surface area (Å²) in [5.74, 6) is -1.70. The Balaban J connectivity index is 1.25. The van der Waals surface area contributed by atoms with Crippen LogP contribution in [0.2, 0.25) is 0 Å². The van der Waals surface area contributed by atoms with Gasteiger partial charge in [0.05, 0.1) is 70.3 Å². The zero-order valence-electron chi connectivity index (χ0n) is 19.6. The standard InChI is InChI=1S/C29H21N5O3/c35-28-21-22(29(36)33(28)16-9-3-1-4-10-16)27-25-23(26(21)37-27)24(32-34(25)17-11-5-2-6-12-17)20-15-30-18-13-7-8-14-19(18)31-20/h1-15,21-23,25-27H. The summed E-state index contributed by atoms with van der Waals surface area (Å²) in [5, 5.41) is 7.01. The number of aromatic nitrogens is 2. The summed E-state index contributed by atoms with van der Waals surface area (Å²) in [4.78, 5) is 38.2. The monoisotopic (exact) mass is 487 g/mol. The highest BCUT2D eigenvalue weighted by molar-refractivity contribution is 6.23. The molecular weight excluding hydrogens is 466 g/mol. The Morgan fingerprint density at radius 2 is 1.30 bits per heavy atom. The molecule has 3 fully saturated rings. The Kier molecular flexibility index (Phi) is 4.22. The van der Waals surface area contributed by atoms with E-state index in [4.69, 9.17) is 14.8 Å². The second kappa shape index (κ2) is 7.54. The molecule has 0 radical (unpaired) electrons. The molecule has 6 atom stereocenters. The number of carbonyl (C=O) groups is 2. The predicted molar refractivity (Wildman–Crippen MR) is 137 cm³/mol. The number of imide groups is 1. The quantitative estimate of drug-likeness (QED) is 0.412. The van der Waals surface area contributed by atoms with Gasteiger partial charge in [0.1, 0.15) is 5.69 Å². The molecule has 0 spiro atoms. The molecule has 0 aliphatic carbocycles. The molecule has 8 nitrogen and oxygen atoms in total.